The molecule has 2 fully saturated rings. The van der Waals surface area contributed by atoms with Crippen molar-refractivity contribution in [2.45, 2.75) is 38.4 Å². The number of alkyl halides is 3. The molecule has 1 atom stereocenters. The van der Waals surface area contributed by atoms with E-state index in [4.69, 9.17) is 0 Å². The summed E-state index contributed by atoms with van der Waals surface area (Å²) in [6.07, 6.45) is -1.09. The topological polar surface area (TPSA) is 77.6 Å². The Balaban J connectivity index is 1.19. The highest BCUT2D eigenvalue weighted by Crippen LogP contribution is 2.35. The number of piperazine rings is 1. The van der Waals surface area contributed by atoms with Crippen molar-refractivity contribution in [3.8, 4) is 11.8 Å². The quantitative estimate of drug-likeness (QED) is 0.364. The molecule has 1 aliphatic heterocycles. The Morgan fingerprint density at radius 1 is 0.953 bits per heavy atom. The average Bonchev–Trinajstić information content (AvgIpc) is 3.84. The Morgan fingerprint density at radius 2 is 1.63 bits per heavy atom. The lowest BCUT2D eigenvalue weighted by atomic mass is 9.98. The minimum absolute atomic E-state index is 0.00462. The smallest absolute Gasteiger partial charge is 0.326 e. The summed E-state index contributed by atoms with van der Waals surface area (Å²) in [7, 11) is 2.00. The summed E-state index contributed by atoms with van der Waals surface area (Å²) in [6.45, 7) is 4.96. The summed E-state index contributed by atoms with van der Waals surface area (Å²) >= 11 is 0. The van der Waals surface area contributed by atoms with E-state index in [0.717, 1.165) is 37.6 Å². The number of pyridine rings is 1. The summed E-state index contributed by atoms with van der Waals surface area (Å²) in [6, 6.07) is 14.7. The monoisotopic (exact) mass is 589 g/mol. The normalized spacial score (nSPS) is 16.6. The number of carbonyl (C=O) groups excluding carboxylic acids is 2. The van der Waals surface area contributed by atoms with E-state index >= 15 is 0 Å². The molecular formula is C33H34F3N5O2. The Kier molecular flexibility index (Phi) is 9.14. The van der Waals surface area contributed by atoms with Crippen LogP contribution in [0.1, 0.15) is 53.5 Å². The van der Waals surface area contributed by atoms with E-state index in [1.54, 1.807) is 49.5 Å². The highest BCUT2D eigenvalue weighted by atomic mass is 19.4. The van der Waals surface area contributed by atoms with Crippen LogP contribution in [0.2, 0.25) is 0 Å². The fourth-order valence-electron chi connectivity index (χ4n) is 4.82. The number of benzene rings is 2. The van der Waals surface area contributed by atoms with E-state index in [-0.39, 0.29) is 29.6 Å². The molecule has 43 heavy (non-hydrogen) atoms. The second kappa shape index (κ2) is 13.0. The lowest BCUT2D eigenvalue weighted by Gasteiger charge is -2.33. The minimum Gasteiger partial charge on any atom is -0.326 e. The molecule has 224 valence electrons. The van der Waals surface area contributed by atoms with Gasteiger partial charge in [0.2, 0.25) is 11.8 Å². The van der Waals surface area contributed by atoms with Gasteiger partial charge in [-0.1, -0.05) is 30.0 Å². The molecule has 1 unspecified atom stereocenters. The molecule has 0 bridgehead atoms. The number of aromatic nitrogens is 1. The van der Waals surface area contributed by atoms with Gasteiger partial charge in [-0.3, -0.25) is 14.5 Å². The van der Waals surface area contributed by atoms with Gasteiger partial charge in [0.1, 0.15) is 5.82 Å². The van der Waals surface area contributed by atoms with Crippen LogP contribution in [0.3, 0.4) is 0 Å². The molecule has 1 aromatic heterocycles. The van der Waals surface area contributed by atoms with Crippen molar-refractivity contribution in [1.82, 2.24) is 14.8 Å². The molecule has 0 spiro atoms. The van der Waals surface area contributed by atoms with Crippen LogP contribution in [0.4, 0.5) is 24.7 Å². The molecule has 1 saturated heterocycles. The van der Waals surface area contributed by atoms with Gasteiger partial charge in [0, 0.05) is 61.7 Å². The highest BCUT2D eigenvalue weighted by molar-refractivity contribution is 5.95. The zero-order valence-corrected chi connectivity index (χ0v) is 24.2. The number of amides is 2. The van der Waals surface area contributed by atoms with E-state index in [0.29, 0.717) is 30.0 Å². The number of rotatable bonds is 7. The van der Waals surface area contributed by atoms with E-state index < -0.39 is 23.6 Å². The second-order valence-electron chi connectivity index (χ2n) is 11.2. The first kappa shape index (κ1) is 30.3. The second-order valence-corrected chi connectivity index (χ2v) is 11.2. The van der Waals surface area contributed by atoms with Gasteiger partial charge in [0.05, 0.1) is 11.5 Å². The first-order valence-electron chi connectivity index (χ1n) is 14.4. The molecule has 0 radical (unpaired) electrons. The summed E-state index contributed by atoms with van der Waals surface area (Å²) in [5.41, 5.74) is 1.71. The molecule has 1 aliphatic carbocycles. The minimum atomic E-state index is -4.53. The van der Waals surface area contributed by atoms with Crippen molar-refractivity contribution in [1.29, 1.82) is 0 Å². The molecule has 2 N–H and O–H groups in total. The third-order valence-electron chi connectivity index (χ3n) is 7.79. The number of nitrogens with zero attached hydrogens (tertiary/aromatic N) is 3. The van der Waals surface area contributed by atoms with Gasteiger partial charge in [-0.25, -0.2) is 4.98 Å². The van der Waals surface area contributed by atoms with Gasteiger partial charge in [-0.05, 0) is 74.3 Å². The lowest BCUT2D eigenvalue weighted by Crippen LogP contribution is -2.44. The Bertz CT molecular complexity index is 1520. The van der Waals surface area contributed by atoms with Crippen LogP contribution in [-0.2, 0) is 22.3 Å². The van der Waals surface area contributed by atoms with Gasteiger partial charge in [-0.2, -0.15) is 13.2 Å². The Morgan fingerprint density at radius 3 is 2.26 bits per heavy atom. The van der Waals surface area contributed by atoms with E-state index in [1.807, 2.05) is 11.9 Å². The molecule has 2 heterocycles. The molecule has 10 heteroatoms. The van der Waals surface area contributed by atoms with Gasteiger partial charge in [0.25, 0.3) is 0 Å². The number of anilines is 2. The van der Waals surface area contributed by atoms with E-state index in [1.165, 1.54) is 12.1 Å². The largest absolute Gasteiger partial charge is 0.416 e. The highest BCUT2D eigenvalue weighted by Gasteiger charge is 2.34. The van der Waals surface area contributed by atoms with Crippen LogP contribution in [0.5, 0.6) is 0 Å². The summed E-state index contributed by atoms with van der Waals surface area (Å²) in [5.74, 6) is 5.67. The van der Waals surface area contributed by atoms with Crippen molar-refractivity contribution in [2.75, 3.05) is 43.9 Å². The lowest BCUT2D eigenvalue weighted by molar-refractivity contribution is -0.138. The third-order valence-corrected chi connectivity index (χ3v) is 7.79. The van der Waals surface area contributed by atoms with Crippen molar-refractivity contribution in [3.05, 3.63) is 88.6 Å². The fourth-order valence-corrected chi connectivity index (χ4v) is 4.82. The number of hydrogen-bond donors (Lipinski definition) is 2. The number of carbonyl (C=O) groups is 2. The predicted molar refractivity (Wildman–Crippen MR) is 159 cm³/mol. The standard InChI is InChI=1S/C33H34F3N5O2/c1-22(25-8-5-23(6-9-25)3-4-24-7-14-30(37-20-24)39-32(43)26-10-11-26)31(42)38-28-13-12-27(29(19-28)33(34,35)36)21-41-17-15-40(2)16-18-41/h5-9,12-14,19-20,22,26H,10-11,15-18,21H2,1-2H3,(H,38,42)(H,37,39,43). The van der Waals surface area contributed by atoms with E-state index in [2.05, 4.69) is 32.4 Å². The average molecular weight is 590 g/mol. The number of halogens is 3. The van der Waals surface area contributed by atoms with Gasteiger partial charge < -0.3 is 15.5 Å². The summed E-state index contributed by atoms with van der Waals surface area (Å²) < 4.78 is 41.8. The van der Waals surface area contributed by atoms with Crippen LogP contribution in [0.15, 0.2) is 60.8 Å². The maximum absolute atomic E-state index is 13.9. The SMILES string of the molecule is CC(C(=O)Nc1ccc(CN2CCN(C)CC2)c(C(F)(F)F)c1)c1ccc(C#Cc2ccc(NC(=O)C3CC3)nc2)cc1. The molecule has 1 saturated carbocycles. The molecule has 2 aromatic carbocycles. The summed E-state index contributed by atoms with van der Waals surface area (Å²) in [4.78, 5) is 33.2. The van der Waals surface area contributed by atoms with Gasteiger partial charge in [-0.15, -0.1) is 0 Å². The molecule has 2 amide bonds. The van der Waals surface area contributed by atoms with Gasteiger partial charge >= 0.3 is 6.18 Å². The number of hydrogen-bond acceptors (Lipinski definition) is 5. The third kappa shape index (κ3) is 8.21. The van der Waals surface area contributed by atoms with Gasteiger partial charge in [0.15, 0.2) is 0 Å². The first-order chi connectivity index (χ1) is 20.5. The zero-order chi connectivity index (χ0) is 30.6. The Hall–Kier alpha value is -4.20. The zero-order valence-electron chi connectivity index (χ0n) is 24.2. The van der Waals surface area contributed by atoms with Crippen LogP contribution >= 0.6 is 0 Å². The number of nitrogens with one attached hydrogen (secondary N) is 2. The van der Waals surface area contributed by atoms with Crippen molar-refractivity contribution < 1.29 is 22.8 Å². The summed E-state index contributed by atoms with van der Waals surface area (Å²) in [5, 5.41) is 5.45. The molecule has 2 aliphatic rings. The van der Waals surface area contributed by atoms with Crippen LogP contribution in [0, 0.1) is 17.8 Å². The Labute approximate surface area is 249 Å². The molecule has 5 rings (SSSR count). The maximum atomic E-state index is 13.9. The molecule has 3 aromatic rings. The van der Waals surface area contributed by atoms with Crippen LogP contribution in [0.25, 0.3) is 0 Å². The van der Waals surface area contributed by atoms with E-state index in [9.17, 15) is 22.8 Å². The number of likely N-dealkylation sites (N-methyl/N-ethyl adjacent to an activating group) is 1. The van der Waals surface area contributed by atoms with Crippen molar-refractivity contribution >= 4 is 23.3 Å². The molecule has 7 nitrogen and oxygen atoms in total. The maximum Gasteiger partial charge on any atom is 0.416 e. The van der Waals surface area contributed by atoms with Crippen LogP contribution in [-0.4, -0.2) is 59.8 Å². The van der Waals surface area contributed by atoms with Crippen molar-refractivity contribution in [3.63, 3.8) is 0 Å². The fraction of sp³-hybridized carbons (Fsp3) is 0.364. The van der Waals surface area contributed by atoms with Crippen molar-refractivity contribution in [2.24, 2.45) is 5.92 Å². The molecular weight excluding hydrogens is 555 g/mol. The first-order valence-corrected chi connectivity index (χ1v) is 14.4. The van der Waals surface area contributed by atoms with Crippen LogP contribution < -0.4 is 10.6 Å². The predicted octanol–water partition coefficient (Wildman–Crippen LogP) is 5.34.